The van der Waals surface area contributed by atoms with Crippen molar-refractivity contribution in [3.8, 4) is 16.9 Å². The Labute approximate surface area is 122 Å². The fourth-order valence-electron chi connectivity index (χ4n) is 2.49. The highest BCUT2D eigenvalue weighted by atomic mass is 16.4. The molecule has 0 saturated carbocycles. The highest BCUT2D eigenvalue weighted by Gasteiger charge is 2.22. The Morgan fingerprint density at radius 1 is 1.24 bits per heavy atom. The molecule has 0 aliphatic carbocycles. The van der Waals surface area contributed by atoms with Gasteiger partial charge >= 0.3 is 0 Å². The molecule has 0 saturated heterocycles. The summed E-state index contributed by atoms with van der Waals surface area (Å²) in [5, 5.41) is 10.6. The van der Waals surface area contributed by atoms with Crippen LogP contribution in [0.25, 0.3) is 22.1 Å². The van der Waals surface area contributed by atoms with Crippen LogP contribution in [0.15, 0.2) is 45.9 Å². The first kappa shape index (κ1) is 13.5. The van der Waals surface area contributed by atoms with Crippen molar-refractivity contribution in [1.29, 1.82) is 0 Å². The largest absolute Gasteiger partial charge is 0.504 e. The van der Waals surface area contributed by atoms with E-state index in [0.717, 1.165) is 11.1 Å². The summed E-state index contributed by atoms with van der Waals surface area (Å²) in [6.45, 7) is 6.21. The minimum absolute atomic E-state index is 0.0877. The van der Waals surface area contributed by atoms with E-state index in [9.17, 15) is 9.90 Å². The van der Waals surface area contributed by atoms with E-state index in [1.54, 1.807) is 24.4 Å². The molecule has 21 heavy (non-hydrogen) atoms. The highest BCUT2D eigenvalue weighted by molar-refractivity contribution is 5.91. The Hall–Kier alpha value is -2.49. The molecule has 0 bridgehead atoms. The van der Waals surface area contributed by atoms with E-state index in [-0.39, 0.29) is 16.7 Å². The third-order valence-electron chi connectivity index (χ3n) is 3.59. The number of pyridine rings is 1. The van der Waals surface area contributed by atoms with E-state index >= 15 is 0 Å². The summed E-state index contributed by atoms with van der Waals surface area (Å²) in [6, 6.07) is 7.29. The van der Waals surface area contributed by atoms with E-state index in [2.05, 4.69) is 25.8 Å². The van der Waals surface area contributed by atoms with Gasteiger partial charge in [0.25, 0.3) is 5.56 Å². The molecular formula is C17H17NO3. The van der Waals surface area contributed by atoms with Gasteiger partial charge in [-0.1, -0.05) is 20.8 Å². The van der Waals surface area contributed by atoms with E-state index in [0.29, 0.717) is 16.5 Å². The van der Waals surface area contributed by atoms with Crippen LogP contribution in [0, 0.1) is 0 Å². The first-order valence-electron chi connectivity index (χ1n) is 6.80. The standard InChI is InChI=1S/C17H17NO3/c1-17(2,3)13-8-10(11-5-4-6-18-16(11)20)7-12-14(19)9-21-15(12)13/h4-9,19H,1-3H3,(H,18,20). The molecule has 2 aromatic heterocycles. The molecular weight excluding hydrogens is 266 g/mol. The van der Waals surface area contributed by atoms with Gasteiger partial charge in [0.15, 0.2) is 5.75 Å². The molecule has 4 nitrogen and oxygen atoms in total. The van der Waals surface area contributed by atoms with Crippen LogP contribution in [-0.4, -0.2) is 10.1 Å². The van der Waals surface area contributed by atoms with Gasteiger partial charge in [0.2, 0.25) is 0 Å². The quantitative estimate of drug-likeness (QED) is 0.714. The molecule has 0 fully saturated rings. The Morgan fingerprint density at radius 2 is 2.00 bits per heavy atom. The van der Waals surface area contributed by atoms with Gasteiger partial charge < -0.3 is 14.5 Å². The summed E-state index contributed by atoms with van der Waals surface area (Å²) < 4.78 is 5.49. The molecule has 3 aromatic rings. The topological polar surface area (TPSA) is 66.2 Å². The van der Waals surface area contributed by atoms with Crippen molar-refractivity contribution < 1.29 is 9.52 Å². The van der Waals surface area contributed by atoms with Crippen molar-refractivity contribution in [1.82, 2.24) is 4.98 Å². The van der Waals surface area contributed by atoms with Crippen molar-refractivity contribution in [3.05, 3.63) is 52.6 Å². The summed E-state index contributed by atoms with van der Waals surface area (Å²) in [5.41, 5.74) is 2.64. The molecule has 1 aromatic carbocycles. The van der Waals surface area contributed by atoms with Crippen LogP contribution >= 0.6 is 0 Å². The monoisotopic (exact) mass is 283 g/mol. The van der Waals surface area contributed by atoms with Crippen LogP contribution in [0.1, 0.15) is 26.3 Å². The molecule has 0 aliphatic heterocycles. The number of aromatic hydroxyl groups is 1. The van der Waals surface area contributed by atoms with Crippen molar-refractivity contribution in [2.75, 3.05) is 0 Å². The first-order valence-corrected chi connectivity index (χ1v) is 6.80. The fourth-order valence-corrected chi connectivity index (χ4v) is 2.49. The van der Waals surface area contributed by atoms with Gasteiger partial charge in [-0.2, -0.15) is 0 Å². The number of nitrogens with one attached hydrogen (secondary N) is 1. The molecule has 0 radical (unpaired) electrons. The Morgan fingerprint density at radius 3 is 2.67 bits per heavy atom. The van der Waals surface area contributed by atoms with Gasteiger partial charge in [-0.05, 0) is 35.2 Å². The predicted molar refractivity (Wildman–Crippen MR) is 82.6 cm³/mol. The second-order valence-electron chi connectivity index (χ2n) is 6.18. The number of furan rings is 1. The summed E-state index contributed by atoms with van der Waals surface area (Å²) in [5.74, 6) is 0.0877. The van der Waals surface area contributed by atoms with Crippen LogP contribution in [-0.2, 0) is 5.41 Å². The number of benzene rings is 1. The SMILES string of the molecule is CC(C)(C)c1cc(-c2ccc[nH]c2=O)cc2c(O)coc12. The average molecular weight is 283 g/mol. The molecule has 0 unspecified atom stereocenters. The maximum atomic E-state index is 12.0. The number of fused-ring (bicyclic) bond motifs is 1. The Kier molecular flexibility index (Phi) is 2.90. The summed E-state index contributed by atoms with van der Waals surface area (Å²) >= 11 is 0. The number of rotatable bonds is 1. The molecule has 108 valence electrons. The maximum Gasteiger partial charge on any atom is 0.255 e. The molecule has 4 heteroatoms. The number of H-pyrrole nitrogens is 1. The number of aromatic amines is 1. The zero-order valence-corrected chi connectivity index (χ0v) is 12.2. The molecule has 0 aliphatic rings. The van der Waals surface area contributed by atoms with E-state index < -0.39 is 0 Å². The fraction of sp³-hybridized carbons (Fsp3) is 0.235. The Balaban J connectivity index is 2.38. The van der Waals surface area contributed by atoms with Gasteiger partial charge in [-0.25, -0.2) is 0 Å². The van der Waals surface area contributed by atoms with Gasteiger partial charge in [0.05, 0.1) is 5.39 Å². The minimum Gasteiger partial charge on any atom is -0.504 e. The molecule has 2 heterocycles. The van der Waals surface area contributed by atoms with Crippen molar-refractivity contribution in [2.45, 2.75) is 26.2 Å². The van der Waals surface area contributed by atoms with Gasteiger partial charge in [-0.15, -0.1) is 0 Å². The molecule has 2 N–H and O–H groups in total. The van der Waals surface area contributed by atoms with Gasteiger partial charge in [0.1, 0.15) is 11.8 Å². The zero-order valence-electron chi connectivity index (χ0n) is 12.2. The molecule has 3 rings (SSSR count). The lowest BCUT2D eigenvalue weighted by atomic mass is 9.84. The lowest BCUT2D eigenvalue weighted by molar-refractivity contribution is 0.463. The lowest BCUT2D eigenvalue weighted by Crippen LogP contribution is -2.13. The summed E-state index contributed by atoms with van der Waals surface area (Å²) in [6.07, 6.45) is 2.93. The summed E-state index contributed by atoms with van der Waals surface area (Å²) in [4.78, 5) is 14.7. The second-order valence-corrected chi connectivity index (χ2v) is 6.18. The minimum atomic E-state index is -0.167. The van der Waals surface area contributed by atoms with Gasteiger partial charge in [0, 0.05) is 17.3 Å². The smallest absolute Gasteiger partial charge is 0.255 e. The van der Waals surface area contributed by atoms with Crippen LogP contribution in [0.4, 0.5) is 0 Å². The van der Waals surface area contributed by atoms with Crippen molar-refractivity contribution in [3.63, 3.8) is 0 Å². The van der Waals surface area contributed by atoms with Gasteiger partial charge in [-0.3, -0.25) is 4.79 Å². The van der Waals surface area contributed by atoms with E-state index in [1.165, 1.54) is 6.26 Å². The van der Waals surface area contributed by atoms with Crippen molar-refractivity contribution in [2.24, 2.45) is 0 Å². The second kappa shape index (κ2) is 4.52. The van der Waals surface area contributed by atoms with Crippen LogP contribution < -0.4 is 5.56 Å². The summed E-state index contributed by atoms with van der Waals surface area (Å²) in [7, 11) is 0. The third kappa shape index (κ3) is 2.23. The predicted octanol–water partition coefficient (Wildman–Crippen LogP) is 3.79. The van der Waals surface area contributed by atoms with E-state index in [1.807, 2.05) is 6.07 Å². The number of aromatic nitrogens is 1. The van der Waals surface area contributed by atoms with Crippen LogP contribution in [0.2, 0.25) is 0 Å². The highest BCUT2D eigenvalue weighted by Crippen LogP contribution is 2.38. The number of hydrogen-bond donors (Lipinski definition) is 2. The van der Waals surface area contributed by atoms with Crippen LogP contribution in [0.3, 0.4) is 0 Å². The maximum absolute atomic E-state index is 12.0. The van der Waals surface area contributed by atoms with Crippen LogP contribution in [0.5, 0.6) is 5.75 Å². The normalized spacial score (nSPS) is 12.0. The Bertz CT molecular complexity index is 866. The molecule has 0 spiro atoms. The van der Waals surface area contributed by atoms with E-state index in [4.69, 9.17) is 4.42 Å². The number of hydrogen-bond acceptors (Lipinski definition) is 3. The lowest BCUT2D eigenvalue weighted by Gasteiger charge is -2.20. The first-order chi connectivity index (χ1) is 9.88. The zero-order chi connectivity index (χ0) is 15.2. The molecule has 0 amide bonds. The van der Waals surface area contributed by atoms with Crippen molar-refractivity contribution >= 4 is 11.0 Å². The molecule has 0 atom stereocenters. The third-order valence-corrected chi connectivity index (χ3v) is 3.59. The average Bonchev–Trinajstić information content (AvgIpc) is 2.79.